The van der Waals surface area contributed by atoms with E-state index in [0.717, 1.165) is 24.4 Å². The van der Waals surface area contributed by atoms with Gasteiger partial charge in [-0.1, -0.05) is 13.0 Å². The van der Waals surface area contributed by atoms with E-state index < -0.39 is 11.8 Å². The van der Waals surface area contributed by atoms with Crippen molar-refractivity contribution in [1.29, 1.82) is 0 Å². The van der Waals surface area contributed by atoms with Crippen molar-refractivity contribution in [2.45, 2.75) is 39.3 Å². The van der Waals surface area contributed by atoms with Gasteiger partial charge in [0.05, 0.1) is 5.56 Å². The Labute approximate surface area is 113 Å². The summed E-state index contributed by atoms with van der Waals surface area (Å²) in [5.41, 5.74) is 0.577. The molecule has 104 valence electrons. The first kappa shape index (κ1) is 14.0. The van der Waals surface area contributed by atoms with Crippen LogP contribution < -0.4 is 0 Å². The second-order valence-corrected chi connectivity index (χ2v) is 5.57. The summed E-state index contributed by atoms with van der Waals surface area (Å²) in [5.74, 6) is -1.12. The molecule has 1 N–H and O–H groups in total. The van der Waals surface area contributed by atoms with E-state index in [-0.39, 0.29) is 5.56 Å². The Hall–Kier alpha value is -1.42. The Balaban J connectivity index is 2.07. The van der Waals surface area contributed by atoms with Crippen LogP contribution >= 0.6 is 0 Å². The van der Waals surface area contributed by atoms with Crippen LogP contribution in [0.2, 0.25) is 0 Å². The molecule has 1 aromatic carbocycles. The molecule has 19 heavy (non-hydrogen) atoms. The number of hydrogen-bond acceptors (Lipinski definition) is 2. The van der Waals surface area contributed by atoms with E-state index >= 15 is 0 Å². The van der Waals surface area contributed by atoms with Crippen molar-refractivity contribution < 1.29 is 14.3 Å². The van der Waals surface area contributed by atoms with Crippen molar-refractivity contribution in [3.8, 4) is 0 Å². The molecule has 3 nitrogen and oxygen atoms in total. The molecule has 2 unspecified atom stereocenters. The van der Waals surface area contributed by atoms with E-state index in [1.165, 1.54) is 18.6 Å². The van der Waals surface area contributed by atoms with Gasteiger partial charge in [0.2, 0.25) is 0 Å². The van der Waals surface area contributed by atoms with E-state index in [1.54, 1.807) is 6.07 Å². The number of rotatable bonds is 3. The number of carboxylic acid groups (broad SMARTS) is 1. The molecular weight excluding hydrogens is 245 g/mol. The SMILES string of the molecule is CC1CCN(Cc2ccc(C(=O)O)c(F)c2)C(C)C1. The first-order valence-corrected chi connectivity index (χ1v) is 6.73. The molecule has 1 aromatic rings. The highest BCUT2D eigenvalue weighted by molar-refractivity contribution is 5.87. The number of nitrogens with zero attached hydrogens (tertiary/aromatic N) is 1. The largest absolute Gasteiger partial charge is 0.478 e. The van der Waals surface area contributed by atoms with Crippen LogP contribution in [-0.4, -0.2) is 28.6 Å². The summed E-state index contributed by atoms with van der Waals surface area (Å²) < 4.78 is 13.6. The Morgan fingerprint density at radius 2 is 2.21 bits per heavy atom. The molecule has 0 aromatic heterocycles. The summed E-state index contributed by atoms with van der Waals surface area (Å²) in [6.07, 6.45) is 2.33. The maximum Gasteiger partial charge on any atom is 0.338 e. The zero-order valence-corrected chi connectivity index (χ0v) is 11.4. The highest BCUT2D eigenvalue weighted by atomic mass is 19.1. The third kappa shape index (κ3) is 3.32. The Kier molecular flexibility index (Phi) is 4.20. The molecule has 0 aliphatic carbocycles. The van der Waals surface area contributed by atoms with Gasteiger partial charge in [-0.2, -0.15) is 0 Å². The summed E-state index contributed by atoms with van der Waals surface area (Å²) in [7, 11) is 0. The minimum Gasteiger partial charge on any atom is -0.478 e. The van der Waals surface area contributed by atoms with Crippen LogP contribution in [-0.2, 0) is 6.54 Å². The highest BCUT2D eigenvalue weighted by Gasteiger charge is 2.23. The van der Waals surface area contributed by atoms with Gasteiger partial charge in [-0.15, -0.1) is 0 Å². The molecule has 1 saturated heterocycles. The Morgan fingerprint density at radius 3 is 2.79 bits per heavy atom. The molecule has 0 saturated carbocycles. The first-order chi connectivity index (χ1) is 8.97. The predicted octanol–water partition coefficient (Wildman–Crippen LogP) is 3.14. The molecule has 1 aliphatic rings. The van der Waals surface area contributed by atoms with Crippen molar-refractivity contribution in [1.82, 2.24) is 4.90 Å². The van der Waals surface area contributed by atoms with Gasteiger partial charge in [0.15, 0.2) is 0 Å². The third-order valence-electron chi connectivity index (χ3n) is 3.93. The molecule has 0 amide bonds. The van der Waals surface area contributed by atoms with Crippen LogP contribution in [0.4, 0.5) is 4.39 Å². The molecule has 2 atom stereocenters. The van der Waals surface area contributed by atoms with E-state index in [1.807, 2.05) is 0 Å². The van der Waals surface area contributed by atoms with Gasteiger partial charge in [0.25, 0.3) is 0 Å². The van der Waals surface area contributed by atoms with Gasteiger partial charge >= 0.3 is 5.97 Å². The molecule has 0 radical (unpaired) electrons. The average molecular weight is 265 g/mol. The molecule has 2 rings (SSSR count). The molecule has 4 heteroatoms. The van der Waals surface area contributed by atoms with E-state index in [4.69, 9.17) is 5.11 Å². The average Bonchev–Trinajstić information content (AvgIpc) is 2.32. The van der Waals surface area contributed by atoms with E-state index in [2.05, 4.69) is 18.7 Å². The first-order valence-electron chi connectivity index (χ1n) is 6.73. The smallest absolute Gasteiger partial charge is 0.338 e. The molecule has 0 spiro atoms. The van der Waals surface area contributed by atoms with Crippen LogP contribution in [0.25, 0.3) is 0 Å². The predicted molar refractivity (Wildman–Crippen MR) is 71.6 cm³/mol. The number of aromatic carboxylic acids is 1. The lowest BCUT2D eigenvalue weighted by Gasteiger charge is -2.36. The van der Waals surface area contributed by atoms with Gasteiger partial charge in [-0.05, 0) is 49.9 Å². The standard InChI is InChI=1S/C15H20FNO2/c1-10-5-6-17(11(2)7-10)9-12-3-4-13(15(18)19)14(16)8-12/h3-4,8,10-11H,5-7,9H2,1-2H3,(H,18,19). The lowest BCUT2D eigenvalue weighted by atomic mass is 9.93. The number of halogens is 1. The second kappa shape index (κ2) is 5.70. The lowest BCUT2D eigenvalue weighted by Crippen LogP contribution is -2.39. The molecule has 1 aliphatic heterocycles. The molecule has 1 fully saturated rings. The van der Waals surface area contributed by atoms with Crippen LogP contribution in [0.1, 0.15) is 42.6 Å². The van der Waals surface area contributed by atoms with E-state index in [9.17, 15) is 9.18 Å². The van der Waals surface area contributed by atoms with Gasteiger partial charge in [-0.25, -0.2) is 9.18 Å². The van der Waals surface area contributed by atoms with Gasteiger partial charge in [0.1, 0.15) is 5.82 Å². The molecular formula is C15H20FNO2. The van der Waals surface area contributed by atoms with Gasteiger partial charge < -0.3 is 5.11 Å². The van der Waals surface area contributed by atoms with Gasteiger partial charge in [-0.3, -0.25) is 4.90 Å². The number of benzene rings is 1. The van der Waals surface area contributed by atoms with Crippen LogP contribution in [0, 0.1) is 11.7 Å². The van der Waals surface area contributed by atoms with Crippen molar-refractivity contribution in [3.63, 3.8) is 0 Å². The van der Waals surface area contributed by atoms with Crippen molar-refractivity contribution in [2.24, 2.45) is 5.92 Å². The van der Waals surface area contributed by atoms with Crippen LogP contribution in [0.3, 0.4) is 0 Å². The summed E-state index contributed by atoms with van der Waals surface area (Å²) in [6.45, 7) is 6.15. The minimum absolute atomic E-state index is 0.260. The summed E-state index contributed by atoms with van der Waals surface area (Å²) in [5, 5.41) is 8.80. The second-order valence-electron chi connectivity index (χ2n) is 5.57. The maximum absolute atomic E-state index is 13.6. The van der Waals surface area contributed by atoms with E-state index in [0.29, 0.717) is 12.6 Å². The zero-order chi connectivity index (χ0) is 14.0. The maximum atomic E-state index is 13.6. The Bertz CT molecular complexity index is 475. The fourth-order valence-electron chi connectivity index (χ4n) is 2.76. The highest BCUT2D eigenvalue weighted by Crippen LogP contribution is 2.24. The molecule has 1 heterocycles. The van der Waals surface area contributed by atoms with Crippen molar-refractivity contribution >= 4 is 5.97 Å². The topological polar surface area (TPSA) is 40.5 Å². The third-order valence-corrected chi connectivity index (χ3v) is 3.93. The summed E-state index contributed by atoms with van der Waals surface area (Å²) in [6, 6.07) is 4.89. The minimum atomic E-state index is -1.22. The fourth-order valence-corrected chi connectivity index (χ4v) is 2.76. The van der Waals surface area contributed by atoms with Crippen LogP contribution in [0.15, 0.2) is 18.2 Å². The molecule has 0 bridgehead atoms. The lowest BCUT2D eigenvalue weighted by molar-refractivity contribution is 0.0691. The summed E-state index contributed by atoms with van der Waals surface area (Å²) in [4.78, 5) is 13.1. The zero-order valence-electron chi connectivity index (χ0n) is 11.4. The number of hydrogen-bond donors (Lipinski definition) is 1. The number of likely N-dealkylation sites (tertiary alicyclic amines) is 1. The van der Waals surface area contributed by atoms with Crippen molar-refractivity contribution in [2.75, 3.05) is 6.54 Å². The van der Waals surface area contributed by atoms with Gasteiger partial charge in [0, 0.05) is 12.6 Å². The quantitative estimate of drug-likeness (QED) is 0.912. The number of carboxylic acids is 1. The normalized spacial score (nSPS) is 24.4. The number of piperidine rings is 1. The Morgan fingerprint density at radius 1 is 1.47 bits per heavy atom. The summed E-state index contributed by atoms with van der Waals surface area (Å²) >= 11 is 0. The number of carbonyl (C=O) groups is 1. The fraction of sp³-hybridized carbons (Fsp3) is 0.533. The monoisotopic (exact) mass is 265 g/mol. The van der Waals surface area contributed by atoms with Crippen LogP contribution in [0.5, 0.6) is 0 Å². The van der Waals surface area contributed by atoms with Crippen molar-refractivity contribution in [3.05, 3.63) is 35.1 Å².